The highest BCUT2D eigenvalue weighted by atomic mass is 16.5. The zero-order valence-electron chi connectivity index (χ0n) is 16.5. The summed E-state index contributed by atoms with van der Waals surface area (Å²) >= 11 is 0. The molecule has 1 atom stereocenters. The van der Waals surface area contributed by atoms with E-state index in [1.165, 1.54) is 0 Å². The summed E-state index contributed by atoms with van der Waals surface area (Å²) in [7, 11) is 3.19. The number of methoxy groups -OCH3 is 2. The lowest BCUT2D eigenvalue weighted by atomic mass is 10.1. The van der Waals surface area contributed by atoms with Crippen LogP contribution in [0.5, 0.6) is 11.5 Å². The number of aromatic nitrogens is 1. The molecule has 6 heteroatoms. The third-order valence-electron chi connectivity index (χ3n) is 4.57. The van der Waals surface area contributed by atoms with Crippen molar-refractivity contribution in [3.63, 3.8) is 0 Å². The van der Waals surface area contributed by atoms with Crippen molar-refractivity contribution in [2.24, 2.45) is 0 Å². The van der Waals surface area contributed by atoms with Gasteiger partial charge in [0.25, 0.3) is 5.91 Å². The monoisotopic (exact) mass is 380 g/mol. The lowest BCUT2D eigenvalue weighted by Crippen LogP contribution is -2.32. The average molecular weight is 380 g/mol. The number of rotatable bonds is 7. The predicted molar refractivity (Wildman–Crippen MR) is 108 cm³/mol. The van der Waals surface area contributed by atoms with Crippen molar-refractivity contribution in [1.29, 1.82) is 0 Å². The molecule has 0 aliphatic carbocycles. The molecule has 1 heterocycles. The summed E-state index contributed by atoms with van der Waals surface area (Å²) < 4.78 is 16.7. The minimum absolute atomic E-state index is 0.0873. The van der Waals surface area contributed by atoms with Gasteiger partial charge in [-0.05, 0) is 37.6 Å². The molecule has 1 amide bonds. The van der Waals surface area contributed by atoms with Crippen LogP contribution in [-0.4, -0.2) is 31.2 Å². The van der Waals surface area contributed by atoms with Crippen LogP contribution in [0.15, 0.2) is 53.1 Å². The SMILES string of the molecule is CC[C@@H](C)NC(=O)c1ccccc1-c1ncc(-c2ccc(OC)cc2OC)o1. The third-order valence-corrected chi connectivity index (χ3v) is 4.57. The second-order valence-electron chi connectivity index (χ2n) is 6.42. The van der Waals surface area contributed by atoms with Gasteiger partial charge in [-0.3, -0.25) is 4.79 Å². The van der Waals surface area contributed by atoms with Crippen molar-refractivity contribution in [3.8, 4) is 34.3 Å². The summed E-state index contributed by atoms with van der Waals surface area (Å²) in [6, 6.07) is 12.8. The molecule has 28 heavy (non-hydrogen) atoms. The van der Waals surface area contributed by atoms with E-state index in [0.29, 0.717) is 34.3 Å². The molecule has 2 aromatic carbocycles. The Bertz CT molecular complexity index is 965. The van der Waals surface area contributed by atoms with Crippen LogP contribution in [0.25, 0.3) is 22.8 Å². The van der Waals surface area contributed by atoms with Crippen molar-refractivity contribution in [1.82, 2.24) is 10.3 Å². The first kappa shape index (κ1) is 19.5. The zero-order chi connectivity index (χ0) is 20.1. The Morgan fingerprint density at radius 2 is 1.93 bits per heavy atom. The lowest BCUT2D eigenvalue weighted by molar-refractivity contribution is 0.0939. The van der Waals surface area contributed by atoms with Gasteiger partial charge in [0, 0.05) is 17.7 Å². The van der Waals surface area contributed by atoms with E-state index in [9.17, 15) is 4.79 Å². The molecule has 0 saturated carbocycles. The molecule has 0 aliphatic heterocycles. The van der Waals surface area contributed by atoms with Crippen LogP contribution in [0.3, 0.4) is 0 Å². The van der Waals surface area contributed by atoms with E-state index in [-0.39, 0.29) is 11.9 Å². The molecule has 0 fully saturated rings. The van der Waals surface area contributed by atoms with Crippen LogP contribution in [0, 0.1) is 0 Å². The maximum absolute atomic E-state index is 12.6. The first-order chi connectivity index (χ1) is 13.6. The highest BCUT2D eigenvalue weighted by Gasteiger charge is 2.19. The molecular formula is C22H24N2O4. The minimum atomic E-state index is -0.147. The number of carbonyl (C=O) groups is 1. The Morgan fingerprint density at radius 3 is 2.64 bits per heavy atom. The number of nitrogens with one attached hydrogen (secondary N) is 1. The lowest BCUT2D eigenvalue weighted by Gasteiger charge is -2.13. The molecule has 6 nitrogen and oxygen atoms in total. The maximum Gasteiger partial charge on any atom is 0.252 e. The number of hydrogen-bond donors (Lipinski definition) is 1. The molecule has 0 saturated heterocycles. The highest BCUT2D eigenvalue weighted by Crippen LogP contribution is 2.35. The van der Waals surface area contributed by atoms with Gasteiger partial charge in [-0.1, -0.05) is 19.1 Å². The van der Waals surface area contributed by atoms with Crippen molar-refractivity contribution in [2.75, 3.05) is 14.2 Å². The number of nitrogens with zero attached hydrogens (tertiary/aromatic N) is 1. The molecule has 0 radical (unpaired) electrons. The van der Waals surface area contributed by atoms with Crippen LogP contribution in [0.1, 0.15) is 30.6 Å². The van der Waals surface area contributed by atoms with Gasteiger partial charge < -0.3 is 19.2 Å². The van der Waals surface area contributed by atoms with E-state index in [1.807, 2.05) is 44.2 Å². The van der Waals surface area contributed by atoms with Gasteiger partial charge in [0.2, 0.25) is 5.89 Å². The maximum atomic E-state index is 12.6. The number of oxazole rings is 1. The summed E-state index contributed by atoms with van der Waals surface area (Å²) in [6.07, 6.45) is 2.48. The van der Waals surface area contributed by atoms with Crippen molar-refractivity contribution in [2.45, 2.75) is 26.3 Å². The fourth-order valence-electron chi connectivity index (χ4n) is 2.80. The predicted octanol–water partition coefficient (Wildman–Crippen LogP) is 4.55. The summed E-state index contributed by atoms with van der Waals surface area (Å²) in [5.41, 5.74) is 1.92. The number of hydrogen-bond acceptors (Lipinski definition) is 5. The Morgan fingerprint density at radius 1 is 1.14 bits per heavy atom. The first-order valence-electron chi connectivity index (χ1n) is 9.15. The fourth-order valence-corrected chi connectivity index (χ4v) is 2.80. The standard InChI is InChI=1S/C22H24N2O4/c1-5-14(2)24-21(25)16-8-6-7-9-17(16)22-23-13-20(28-22)18-11-10-15(26-3)12-19(18)27-4/h6-14H,5H2,1-4H3,(H,24,25)/t14-/m1/s1. The fraction of sp³-hybridized carbons (Fsp3) is 0.273. The molecule has 1 aromatic heterocycles. The molecule has 146 valence electrons. The molecule has 1 N–H and O–H groups in total. The van der Waals surface area contributed by atoms with E-state index < -0.39 is 0 Å². The largest absolute Gasteiger partial charge is 0.497 e. The molecule has 0 aliphatic rings. The van der Waals surface area contributed by atoms with Gasteiger partial charge in [0.05, 0.1) is 31.5 Å². The van der Waals surface area contributed by atoms with Crippen LogP contribution in [-0.2, 0) is 0 Å². The number of ether oxygens (including phenoxy) is 2. The number of carbonyl (C=O) groups excluding carboxylic acids is 1. The van der Waals surface area contributed by atoms with Crippen LogP contribution in [0.4, 0.5) is 0 Å². The van der Waals surface area contributed by atoms with Crippen LogP contribution in [0.2, 0.25) is 0 Å². The Hall–Kier alpha value is -3.28. The van der Waals surface area contributed by atoms with Crippen LogP contribution < -0.4 is 14.8 Å². The van der Waals surface area contributed by atoms with Gasteiger partial charge in [0.15, 0.2) is 5.76 Å². The molecule has 0 unspecified atom stereocenters. The molecule has 0 spiro atoms. The van der Waals surface area contributed by atoms with Crippen molar-refractivity contribution in [3.05, 3.63) is 54.2 Å². The summed E-state index contributed by atoms with van der Waals surface area (Å²) in [6.45, 7) is 4.00. The molecule has 3 rings (SSSR count). The second-order valence-corrected chi connectivity index (χ2v) is 6.42. The number of benzene rings is 2. The molecule has 0 bridgehead atoms. The molecule has 3 aromatic rings. The zero-order valence-corrected chi connectivity index (χ0v) is 16.5. The average Bonchev–Trinajstić information content (AvgIpc) is 3.22. The quantitative estimate of drug-likeness (QED) is 0.651. The second kappa shape index (κ2) is 8.61. The van der Waals surface area contributed by atoms with Gasteiger partial charge in [-0.25, -0.2) is 4.98 Å². The topological polar surface area (TPSA) is 73.6 Å². The van der Waals surface area contributed by atoms with Gasteiger partial charge in [-0.2, -0.15) is 0 Å². The van der Waals surface area contributed by atoms with Crippen molar-refractivity contribution >= 4 is 5.91 Å². The van der Waals surface area contributed by atoms with E-state index in [4.69, 9.17) is 13.9 Å². The minimum Gasteiger partial charge on any atom is -0.497 e. The third kappa shape index (κ3) is 4.01. The molecular weight excluding hydrogens is 356 g/mol. The van der Waals surface area contributed by atoms with E-state index in [1.54, 1.807) is 32.5 Å². The Balaban J connectivity index is 1.96. The Labute approximate surface area is 164 Å². The van der Waals surface area contributed by atoms with E-state index >= 15 is 0 Å². The van der Waals surface area contributed by atoms with Gasteiger partial charge in [0.1, 0.15) is 11.5 Å². The normalized spacial score (nSPS) is 11.7. The summed E-state index contributed by atoms with van der Waals surface area (Å²) in [4.78, 5) is 17.0. The van der Waals surface area contributed by atoms with Gasteiger partial charge >= 0.3 is 0 Å². The summed E-state index contributed by atoms with van der Waals surface area (Å²) in [5.74, 6) is 2.08. The van der Waals surface area contributed by atoms with Gasteiger partial charge in [-0.15, -0.1) is 0 Å². The smallest absolute Gasteiger partial charge is 0.252 e. The van der Waals surface area contributed by atoms with E-state index in [0.717, 1.165) is 12.0 Å². The van der Waals surface area contributed by atoms with Crippen molar-refractivity contribution < 1.29 is 18.7 Å². The number of amides is 1. The van der Waals surface area contributed by atoms with E-state index in [2.05, 4.69) is 10.3 Å². The van der Waals surface area contributed by atoms with Crippen LogP contribution >= 0.6 is 0 Å². The highest BCUT2D eigenvalue weighted by molar-refractivity contribution is 6.00. The Kier molecular flexibility index (Phi) is 5.99. The first-order valence-corrected chi connectivity index (χ1v) is 9.15. The summed E-state index contributed by atoms with van der Waals surface area (Å²) in [5, 5.41) is 2.98.